The van der Waals surface area contributed by atoms with Gasteiger partial charge in [0, 0.05) is 12.8 Å². The van der Waals surface area contributed by atoms with Crippen molar-refractivity contribution in [1.29, 1.82) is 0 Å². The Labute approximate surface area is 347 Å². The van der Waals surface area contributed by atoms with E-state index in [0.29, 0.717) is 12.8 Å². The molecule has 0 bridgehead atoms. The minimum Gasteiger partial charge on any atom is -0.480 e. The number of rotatable bonds is 43. The molecular formula is C45H84NO10P. The zero-order chi connectivity index (χ0) is 42.1. The van der Waals surface area contributed by atoms with E-state index in [4.69, 9.17) is 24.8 Å². The van der Waals surface area contributed by atoms with Crippen LogP contribution in [0.1, 0.15) is 213 Å². The van der Waals surface area contributed by atoms with E-state index in [2.05, 4.69) is 42.7 Å². The Hall–Kier alpha value is -2.04. The molecule has 11 nitrogen and oxygen atoms in total. The highest BCUT2D eigenvalue weighted by atomic mass is 31.2. The molecule has 0 saturated carbocycles. The standard InChI is InChI=1S/C45H84NO10P/c1-3-5-7-9-11-13-15-17-19-20-21-23-24-26-28-30-32-34-36-43(47)53-38-41(39-54-57(51,52)55-40-42(46)45(49)50)56-44(48)37-35-33-31-29-27-25-22-18-16-14-12-10-8-6-4-2/h18,22,27,29,41-42H,3-17,19-21,23-26,28,30-40,46H2,1-2H3,(H,49,50)(H,51,52)/b22-18+,29-27+/t41-,42+/m1/s1. The molecule has 0 amide bonds. The first-order chi connectivity index (χ1) is 27.6. The molecule has 1 unspecified atom stereocenters. The average molecular weight is 830 g/mol. The summed E-state index contributed by atoms with van der Waals surface area (Å²) in [6, 6.07) is -1.52. The van der Waals surface area contributed by atoms with Crippen LogP contribution in [0.4, 0.5) is 0 Å². The van der Waals surface area contributed by atoms with E-state index in [9.17, 15) is 23.8 Å². The van der Waals surface area contributed by atoms with Crippen molar-refractivity contribution in [3.63, 3.8) is 0 Å². The van der Waals surface area contributed by atoms with Crippen molar-refractivity contribution in [1.82, 2.24) is 0 Å². The van der Waals surface area contributed by atoms with Gasteiger partial charge in [0.15, 0.2) is 6.10 Å². The van der Waals surface area contributed by atoms with Crippen molar-refractivity contribution in [2.24, 2.45) is 5.73 Å². The van der Waals surface area contributed by atoms with Gasteiger partial charge in [0.25, 0.3) is 0 Å². The predicted molar refractivity (Wildman–Crippen MR) is 231 cm³/mol. The van der Waals surface area contributed by atoms with Crippen molar-refractivity contribution in [3.8, 4) is 0 Å². The van der Waals surface area contributed by atoms with Crippen LogP contribution in [0.25, 0.3) is 0 Å². The minimum atomic E-state index is -4.72. The molecule has 0 aliphatic carbocycles. The largest absolute Gasteiger partial charge is 0.480 e. The molecule has 0 rings (SSSR count). The highest BCUT2D eigenvalue weighted by molar-refractivity contribution is 7.47. The number of carbonyl (C=O) groups excluding carboxylic acids is 2. The highest BCUT2D eigenvalue weighted by Gasteiger charge is 2.28. The second-order valence-electron chi connectivity index (χ2n) is 15.5. The molecule has 0 aliphatic heterocycles. The van der Waals surface area contributed by atoms with Gasteiger partial charge in [0.05, 0.1) is 13.2 Å². The number of carbonyl (C=O) groups is 3. The maximum Gasteiger partial charge on any atom is 0.472 e. The van der Waals surface area contributed by atoms with Gasteiger partial charge in [-0.15, -0.1) is 0 Å². The molecule has 0 fully saturated rings. The fourth-order valence-corrected chi connectivity index (χ4v) is 7.11. The molecule has 0 aromatic carbocycles. The van der Waals surface area contributed by atoms with Crippen molar-refractivity contribution in [2.45, 2.75) is 225 Å². The van der Waals surface area contributed by atoms with Gasteiger partial charge in [-0.25, -0.2) is 4.57 Å². The number of nitrogens with two attached hydrogens (primary N) is 1. The van der Waals surface area contributed by atoms with Crippen LogP contribution < -0.4 is 5.73 Å². The molecule has 0 spiro atoms. The normalized spacial score (nSPS) is 13.9. The van der Waals surface area contributed by atoms with Crippen LogP contribution in [0.2, 0.25) is 0 Å². The molecule has 0 aromatic rings. The van der Waals surface area contributed by atoms with Gasteiger partial charge >= 0.3 is 25.7 Å². The summed E-state index contributed by atoms with van der Waals surface area (Å²) in [6.07, 6.45) is 42.5. The van der Waals surface area contributed by atoms with Gasteiger partial charge in [-0.3, -0.25) is 23.4 Å². The summed E-state index contributed by atoms with van der Waals surface area (Å²) < 4.78 is 32.7. The Balaban J connectivity index is 4.34. The van der Waals surface area contributed by atoms with E-state index in [1.54, 1.807) is 0 Å². The van der Waals surface area contributed by atoms with E-state index in [1.807, 2.05) is 0 Å². The quantitative estimate of drug-likeness (QED) is 0.0231. The number of hydrogen-bond acceptors (Lipinski definition) is 9. The monoisotopic (exact) mass is 830 g/mol. The molecule has 334 valence electrons. The first-order valence-electron chi connectivity index (χ1n) is 22.9. The topological polar surface area (TPSA) is 172 Å². The Bertz CT molecular complexity index is 1070. The second-order valence-corrected chi connectivity index (χ2v) is 17.0. The number of carboxylic acids is 1. The van der Waals surface area contributed by atoms with Crippen molar-refractivity contribution >= 4 is 25.7 Å². The van der Waals surface area contributed by atoms with E-state index in [1.165, 1.54) is 128 Å². The lowest BCUT2D eigenvalue weighted by molar-refractivity contribution is -0.161. The van der Waals surface area contributed by atoms with Gasteiger partial charge in [-0.05, 0) is 44.9 Å². The molecule has 0 saturated heterocycles. The van der Waals surface area contributed by atoms with Crippen LogP contribution in [0.5, 0.6) is 0 Å². The number of esters is 2. The van der Waals surface area contributed by atoms with E-state index < -0.39 is 51.1 Å². The number of ether oxygens (including phenoxy) is 2. The Morgan fingerprint density at radius 1 is 0.544 bits per heavy atom. The molecule has 0 radical (unpaired) electrons. The highest BCUT2D eigenvalue weighted by Crippen LogP contribution is 2.43. The lowest BCUT2D eigenvalue weighted by Gasteiger charge is -2.20. The van der Waals surface area contributed by atoms with Gasteiger partial charge in [0.1, 0.15) is 12.6 Å². The summed E-state index contributed by atoms with van der Waals surface area (Å²) >= 11 is 0. The van der Waals surface area contributed by atoms with E-state index >= 15 is 0 Å². The fraction of sp³-hybridized carbons (Fsp3) is 0.844. The zero-order valence-corrected chi connectivity index (χ0v) is 37.1. The molecule has 57 heavy (non-hydrogen) atoms. The predicted octanol–water partition coefficient (Wildman–Crippen LogP) is 12.2. The van der Waals surface area contributed by atoms with Crippen LogP contribution in [0.3, 0.4) is 0 Å². The third kappa shape index (κ3) is 40.5. The van der Waals surface area contributed by atoms with Gasteiger partial charge in [-0.1, -0.05) is 179 Å². The van der Waals surface area contributed by atoms with Crippen LogP contribution in [-0.2, 0) is 37.5 Å². The maximum absolute atomic E-state index is 12.6. The molecule has 0 heterocycles. The van der Waals surface area contributed by atoms with Gasteiger partial charge < -0.3 is 25.2 Å². The van der Waals surface area contributed by atoms with E-state index in [0.717, 1.165) is 44.9 Å². The SMILES string of the molecule is CCCCCCCC/C=C/C/C=C/CCCCC(=O)O[C@H](COC(=O)CCCCCCCCCCCCCCCCCCCC)COP(=O)(O)OC[C@H](N)C(=O)O. The summed E-state index contributed by atoms with van der Waals surface area (Å²) in [6.45, 7) is 2.79. The molecule has 3 atom stereocenters. The summed E-state index contributed by atoms with van der Waals surface area (Å²) in [7, 11) is -4.72. The summed E-state index contributed by atoms with van der Waals surface area (Å²) in [5.41, 5.74) is 5.33. The molecule has 0 aliphatic rings. The molecule has 0 aromatic heterocycles. The Kier molecular flexibility index (Phi) is 39.3. The zero-order valence-electron chi connectivity index (χ0n) is 36.2. The van der Waals surface area contributed by atoms with Crippen molar-refractivity contribution < 1.29 is 47.5 Å². The van der Waals surface area contributed by atoms with Gasteiger partial charge in [-0.2, -0.15) is 0 Å². The number of allylic oxidation sites excluding steroid dienone is 4. The van der Waals surface area contributed by atoms with E-state index in [-0.39, 0.29) is 19.4 Å². The average Bonchev–Trinajstić information content (AvgIpc) is 3.19. The lowest BCUT2D eigenvalue weighted by atomic mass is 10.0. The minimum absolute atomic E-state index is 0.122. The number of hydrogen-bond donors (Lipinski definition) is 3. The number of unbranched alkanes of at least 4 members (excludes halogenated alkanes) is 25. The summed E-state index contributed by atoms with van der Waals surface area (Å²) in [4.78, 5) is 46.0. The van der Waals surface area contributed by atoms with Crippen LogP contribution in [-0.4, -0.2) is 59.9 Å². The first kappa shape index (κ1) is 55.0. The molecule has 4 N–H and O–H groups in total. The molecule has 12 heteroatoms. The lowest BCUT2D eigenvalue weighted by Crippen LogP contribution is -2.34. The maximum atomic E-state index is 12.6. The summed E-state index contributed by atoms with van der Waals surface area (Å²) in [5.74, 6) is -2.41. The number of carboxylic acid groups (broad SMARTS) is 1. The second kappa shape index (κ2) is 40.7. The third-order valence-corrected chi connectivity index (χ3v) is 10.9. The van der Waals surface area contributed by atoms with Gasteiger partial charge in [0.2, 0.25) is 0 Å². The first-order valence-corrected chi connectivity index (χ1v) is 24.4. The van der Waals surface area contributed by atoms with Crippen LogP contribution in [0.15, 0.2) is 24.3 Å². The smallest absolute Gasteiger partial charge is 0.472 e. The fourth-order valence-electron chi connectivity index (χ4n) is 6.33. The Morgan fingerprint density at radius 2 is 0.930 bits per heavy atom. The number of phosphoric acid groups is 1. The third-order valence-electron chi connectivity index (χ3n) is 9.95. The number of phosphoric ester groups is 1. The summed E-state index contributed by atoms with van der Waals surface area (Å²) in [5, 5.41) is 8.89. The van der Waals surface area contributed by atoms with Crippen molar-refractivity contribution in [2.75, 3.05) is 19.8 Å². The molecular weight excluding hydrogens is 745 g/mol. The van der Waals surface area contributed by atoms with Crippen molar-refractivity contribution in [3.05, 3.63) is 24.3 Å². The van der Waals surface area contributed by atoms with Crippen LogP contribution in [0, 0.1) is 0 Å². The Morgan fingerprint density at radius 3 is 1.40 bits per heavy atom. The van der Waals surface area contributed by atoms with Crippen LogP contribution >= 0.6 is 7.82 Å². The number of aliphatic carboxylic acids is 1.